The van der Waals surface area contributed by atoms with Crippen molar-refractivity contribution in [2.24, 2.45) is 0 Å². The van der Waals surface area contributed by atoms with E-state index in [-0.39, 0.29) is 22.8 Å². The molecule has 0 amide bonds. The minimum absolute atomic E-state index is 0.194. The van der Waals surface area contributed by atoms with Crippen LogP contribution in [0.15, 0.2) is 47.4 Å². The lowest BCUT2D eigenvalue weighted by molar-refractivity contribution is 0.0506. The average molecular weight is 347 g/mol. The van der Waals surface area contributed by atoms with Gasteiger partial charge in [0.1, 0.15) is 0 Å². The number of sulfonamides is 1. The first-order chi connectivity index (χ1) is 11.3. The Balaban J connectivity index is 2.37. The summed E-state index contributed by atoms with van der Waals surface area (Å²) in [6.07, 6.45) is 0.697. The second-order valence-electron chi connectivity index (χ2n) is 5.56. The van der Waals surface area contributed by atoms with Crippen molar-refractivity contribution in [2.45, 2.75) is 32.1 Å². The second kappa shape index (κ2) is 7.49. The number of hydrogen-bond donors (Lipinski definition) is 1. The predicted octanol–water partition coefficient (Wildman–Crippen LogP) is 3.67. The minimum Gasteiger partial charge on any atom is -0.462 e. The summed E-state index contributed by atoms with van der Waals surface area (Å²) >= 11 is 0. The zero-order valence-electron chi connectivity index (χ0n) is 14.0. The molecule has 0 radical (unpaired) electrons. The molecule has 0 fully saturated rings. The van der Waals surface area contributed by atoms with Crippen molar-refractivity contribution < 1.29 is 17.9 Å². The molecule has 0 atom stereocenters. The van der Waals surface area contributed by atoms with Crippen molar-refractivity contribution in [1.82, 2.24) is 0 Å². The molecule has 0 aromatic heterocycles. The normalized spacial score (nSPS) is 11.1. The van der Waals surface area contributed by atoms with Gasteiger partial charge in [-0.15, -0.1) is 0 Å². The van der Waals surface area contributed by atoms with Crippen molar-refractivity contribution >= 4 is 21.7 Å². The predicted molar refractivity (Wildman–Crippen MR) is 93.7 cm³/mol. The Labute approximate surface area is 142 Å². The van der Waals surface area contributed by atoms with Gasteiger partial charge in [-0.05, 0) is 49.6 Å². The molecule has 24 heavy (non-hydrogen) atoms. The summed E-state index contributed by atoms with van der Waals surface area (Å²) in [5.74, 6) is -0.545. The van der Waals surface area contributed by atoms with Crippen LogP contribution in [0.1, 0.15) is 34.8 Å². The lowest BCUT2D eigenvalue weighted by Crippen LogP contribution is -2.17. The first-order valence-electron chi connectivity index (χ1n) is 7.71. The highest BCUT2D eigenvalue weighted by Gasteiger charge is 2.21. The molecule has 0 unspecified atom stereocenters. The van der Waals surface area contributed by atoms with E-state index in [1.165, 1.54) is 0 Å². The maximum Gasteiger partial charge on any atom is 0.340 e. The summed E-state index contributed by atoms with van der Waals surface area (Å²) in [7, 11) is -3.80. The molecular formula is C18H21NO4S. The van der Waals surface area contributed by atoms with Crippen LogP contribution in [-0.4, -0.2) is 21.0 Å². The van der Waals surface area contributed by atoms with E-state index in [2.05, 4.69) is 4.72 Å². The molecule has 2 aromatic rings. The van der Waals surface area contributed by atoms with Gasteiger partial charge >= 0.3 is 5.97 Å². The summed E-state index contributed by atoms with van der Waals surface area (Å²) in [6.45, 7) is 5.74. The molecule has 0 aliphatic carbocycles. The number of nitrogens with one attached hydrogen (secondary N) is 1. The summed E-state index contributed by atoms with van der Waals surface area (Å²) in [6, 6.07) is 11.6. The van der Waals surface area contributed by atoms with E-state index < -0.39 is 16.0 Å². The summed E-state index contributed by atoms with van der Waals surface area (Å²) < 4.78 is 33.0. The quantitative estimate of drug-likeness (QED) is 0.809. The lowest BCUT2D eigenvalue weighted by Gasteiger charge is -2.14. The largest absolute Gasteiger partial charge is 0.462 e. The minimum atomic E-state index is -3.80. The van der Waals surface area contributed by atoms with Gasteiger partial charge < -0.3 is 4.74 Å². The number of benzene rings is 2. The van der Waals surface area contributed by atoms with Crippen molar-refractivity contribution in [3.05, 3.63) is 59.2 Å². The molecule has 2 aromatic carbocycles. The molecule has 1 N–H and O–H groups in total. The van der Waals surface area contributed by atoms with Crippen LogP contribution in [0.25, 0.3) is 0 Å². The fraction of sp³-hybridized carbons (Fsp3) is 0.278. The van der Waals surface area contributed by atoms with E-state index in [9.17, 15) is 13.2 Å². The number of ether oxygens (including phenoxy) is 1. The van der Waals surface area contributed by atoms with E-state index >= 15 is 0 Å². The molecule has 0 aliphatic rings. The highest BCUT2D eigenvalue weighted by Crippen LogP contribution is 2.23. The Morgan fingerprint density at radius 3 is 2.54 bits per heavy atom. The van der Waals surface area contributed by atoms with Crippen molar-refractivity contribution in [3.63, 3.8) is 0 Å². The smallest absolute Gasteiger partial charge is 0.340 e. The summed E-state index contributed by atoms with van der Waals surface area (Å²) in [4.78, 5) is 12.3. The van der Waals surface area contributed by atoms with Gasteiger partial charge in [-0.25, -0.2) is 13.2 Å². The van der Waals surface area contributed by atoms with E-state index in [4.69, 9.17) is 4.74 Å². The van der Waals surface area contributed by atoms with Crippen molar-refractivity contribution in [1.29, 1.82) is 0 Å². The number of carbonyl (C=O) groups excluding carboxylic acids is 1. The van der Waals surface area contributed by atoms with Crippen LogP contribution >= 0.6 is 0 Å². The molecule has 128 valence electrons. The van der Waals surface area contributed by atoms with Gasteiger partial charge in [-0.3, -0.25) is 4.72 Å². The molecule has 6 heteroatoms. The first-order valence-corrected chi connectivity index (χ1v) is 9.19. The molecule has 0 saturated carbocycles. The van der Waals surface area contributed by atoms with Gasteiger partial charge in [0.15, 0.2) is 0 Å². The van der Waals surface area contributed by atoms with Gasteiger partial charge in [0.25, 0.3) is 10.0 Å². The Bertz CT molecular complexity index is 844. The van der Waals surface area contributed by atoms with E-state index in [0.29, 0.717) is 12.0 Å². The number of aryl methyl sites for hydroxylation is 2. The Kier molecular flexibility index (Phi) is 5.62. The van der Waals surface area contributed by atoms with Crippen molar-refractivity contribution in [3.8, 4) is 0 Å². The molecular weight excluding hydrogens is 326 g/mol. The van der Waals surface area contributed by atoms with E-state index in [1.807, 2.05) is 19.9 Å². The molecule has 0 aliphatic heterocycles. The lowest BCUT2D eigenvalue weighted by atomic mass is 10.2. The number of esters is 1. The fourth-order valence-corrected chi connectivity index (χ4v) is 3.63. The van der Waals surface area contributed by atoms with Crippen LogP contribution < -0.4 is 4.72 Å². The van der Waals surface area contributed by atoms with Gasteiger partial charge in [0.2, 0.25) is 0 Å². The van der Waals surface area contributed by atoms with Gasteiger partial charge in [0, 0.05) is 0 Å². The number of para-hydroxylation sites is 1. The molecule has 0 bridgehead atoms. The van der Waals surface area contributed by atoms with Gasteiger partial charge in [0.05, 0.1) is 22.8 Å². The summed E-state index contributed by atoms with van der Waals surface area (Å²) in [5.41, 5.74) is 1.88. The molecule has 0 heterocycles. The maximum absolute atomic E-state index is 12.7. The van der Waals surface area contributed by atoms with Crippen LogP contribution in [0.4, 0.5) is 5.69 Å². The summed E-state index contributed by atoms with van der Waals surface area (Å²) in [5, 5.41) is 0. The number of carbonyl (C=O) groups is 1. The fourth-order valence-electron chi connectivity index (χ4n) is 2.22. The van der Waals surface area contributed by atoms with Crippen LogP contribution in [0.5, 0.6) is 0 Å². The van der Waals surface area contributed by atoms with Crippen molar-refractivity contribution in [2.75, 3.05) is 11.3 Å². The average Bonchev–Trinajstić information content (AvgIpc) is 2.55. The zero-order valence-corrected chi connectivity index (χ0v) is 14.8. The maximum atomic E-state index is 12.7. The van der Waals surface area contributed by atoms with E-state index in [0.717, 1.165) is 5.56 Å². The highest BCUT2D eigenvalue weighted by atomic mass is 32.2. The Morgan fingerprint density at radius 2 is 1.83 bits per heavy atom. The highest BCUT2D eigenvalue weighted by molar-refractivity contribution is 7.92. The van der Waals surface area contributed by atoms with Crippen LogP contribution in [0.3, 0.4) is 0 Å². The molecule has 0 spiro atoms. The van der Waals surface area contributed by atoms with E-state index in [1.54, 1.807) is 43.3 Å². The third-order valence-electron chi connectivity index (χ3n) is 3.46. The number of rotatable bonds is 6. The third-order valence-corrected chi connectivity index (χ3v) is 4.97. The zero-order chi connectivity index (χ0) is 17.7. The SMILES string of the molecule is CCCOC(=O)c1ccccc1NS(=O)(=O)c1cc(C)ccc1C. The van der Waals surface area contributed by atoms with Crippen LogP contribution in [0, 0.1) is 13.8 Å². The molecule has 0 saturated heterocycles. The molecule has 2 rings (SSSR count). The first kappa shape index (κ1) is 18.0. The Morgan fingerprint density at radius 1 is 1.12 bits per heavy atom. The second-order valence-corrected chi connectivity index (χ2v) is 7.21. The standard InChI is InChI=1S/C18H21NO4S/c1-4-11-23-18(20)15-7-5-6-8-16(15)19-24(21,22)17-12-13(2)9-10-14(17)3/h5-10,12,19H,4,11H2,1-3H3. The van der Waals surface area contributed by atoms with Crippen LogP contribution in [0.2, 0.25) is 0 Å². The van der Waals surface area contributed by atoms with Crippen LogP contribution in [-0.2, 0) is 14.8 Å². The number of anilines is 1. The molecule has 5 nitrogen and oxygen atoms in total. The Hall–Kier alpha value is -2.34. The van der Waals surface area contributed by atoms with Gasteiger partial charge in [-0.1, -0.05) is 31.2 Å². The topological polar surface area (TPSA) is 72.5 Å². The monoisotopic (exact) mass is 347 g/mol. The number of hydrogen-bond acceptors (Lipinski definition) is 4. The third kappa shape index (κ3) is 4.14. The van der Waals surface area contributed by atoms with Gasteiger partial charge in [-0.2, -0.15) is 0 Å².